The number of carbonyl (C=O) groups excluding carboxylic acids is 1. The largest absolute Gasteiger partial charge is 0.382 e. The van der Waals surface area contributed by atoms with Gasteiger partial charge in [-0.15, -0.1) is 0 Å². The summed E-state index contributed by atoms with van der Waals surface area (Å²) in [5.41, 5.74) is 6.87. The quantitative estimate of drug-likeness (QED) is 0.878. The maximum Gasteiger partial charge on any atom is 0.250 e. The number of hydrogen-bond acceptors (Lipinski definition) is 3. The second-order valence-electron chi connectivity index (χ2n) is 6.02. The van der Waals surface area contributed by atoms with Crippen molar-refractivity contribution in [3.05, 3.63) is 28.8 Å². The first kappa shape index (κ1) is 14.7. The number of rotatable bonds is 5. The third kappa shape index (κ3) is 2.40. The summed E-state index contributed by atoms with van der Waals surface area (Å²) in [4.78, 5) is 11.2. The molecule has 3 rings (SSSR count). The molecular formula is C16H21ClN2O2. The molecule has 1 amide bonds. The molecule has 0 heterocycles. The van der Waals surface area contributed by atoms with E-state index in [9.17, 15) is 4.79 Å². The predicted molar refractivity (Wildman–Crippen MR) is 83.7 cm³/mol. The van der Waals surface area contributed by atoms with E-state index in [0.717, 1.165) is 18.7 Å². The summed E-state index contributed by atoms with van der Waals surface area (Å²) in [6.07, 6.45) is 5.14. The van der Waals surface area contributed by atoms with Crippen LogP contribution in [-0.2, 0) is 4.74 Å². The summed E-state index contributed by atoms with van der Waals surface area (Å²) in [6.45, 7) is 2.83. The summed E-state index contributed by atoms with van der Waals surface area (Å²) in [5.74, 6) is -0.498. The Hall–Kier alpha value is -1.26. The number of benzene rings is 1. The molecule has 0 radical (unpaired) electrons. The number of nitrogens with two attached hydrogens (primary N) is 1. The zero-order chi connectivity index (χ0) is 15.0. The highest BCUT2D eigenvalue weighted by Crippen LogP contribution is 2.58. The van der Waals surface area contributed by atoms with E-state index in [1.54, 1.807) is 12.1 Å². The van der Waals surface area contributed by atoms with Crippen LogP contribution in [0.15, 0.2) is 18.2 Å². The maximum atomic E-state index is 11.2. The van der Waals surface area contributed by atoms with Crippen molar-refractivity contribution in [2.75, 3.05) is 11.9 Å². The molecule has 114 valence electrons. The van der Waals surface area contributed by atoms with Crippen LogP contribution in [0.3, 0.4) is 0 Å². The van der Waals surface area contributed by atoms with Gasteiger partial charge >= 0.3 is 0 Å². The summed E-state index contributed by atoms with van der Waals surface area (Å²) >= 11 is 6.10. The number of amides is 1. The van der Waals surface area contributed by atoms with Crippen molar-refractivity contribution in [2.24, 2.45) is 11.1 Å². The first-order valence-electron chi connectivity index (χ1n) is 7.54. The van der Waals surface area contributed by atoms with Crippen LogP contribution in [0.4, 0.5) is 5.69 Å². The molecule has 0 aromatic heterocycles. The molecule has 4 nitrogen and oxygen atoms in total. The third-order valence-electron chi connectivity index (χ3n) is 5.01. The first-order valence-corrected chi connectivity index (χ1v) is 7.92. The van der Waals surface area contributed by atoms with Gasteiger partial charge in [-0.1, -0.05) is 18.0 Å². The van der Waals surface area contributed by atoms with Crippen molar-refractivity contribution in [3.8, 4) is 0 Å². The average molecular weight is 309 g/mol. The molecular weight excluding hydrogens is 288 g/mol. The van der Waals surface area contributed by atoms with Gasteiger partial charge in [0, 0.05) is 23.8 Å². The number of carbonyl (C=O) groups is 1. The fourth-order valence-electron chi connectivity index (χ4n) is 3.65. The Morgan fingerprint density at radius 1 is 1.52 bits per heavy atom. The van der Waals surface area contributed by atoms with Gasteiger partial charge in [-0.05, 0) is 44.4 Å². The van der Waals surface area contributed by atoms with Gasteiger partial charge in [0.1, 0.15) is 0 Å². The van der Waals surface area contributed by atoms with Crippen LogP contribution in [0.1, 0.15) is 43.0 Å². The van der Waals surface area contributed by atoms with Crippen LogP contribution in [0.5, 0.6) is 0 Å². The van der Waals surface area contributed by atoms with E-state index in [4.69, 9.17) is 22.1 Å². The van der Waals surface area contributed by atoms with E-state index in [2.05, 4.69) is 12.2 Å². The molecule has 3 N–H and O–H groups in total. The van der Waals surface area contributed by atoms with Gasteiger partial charge in [0.25, 0.3) is 0 Å². The van der Waals surface area contributed by atoms with Crippen LogP contribution >= 0.6 is 11.6 Å². The molecule has 1 spiro atoms. The lowest BCUT2D eigenvalue weighted by Gasteiger charge is -2.61. The van der Waals surface area contributed by atoms with Crippen molar-refractivity contribution in [2.45, 2.75) is 44.8 Å². The van der Waals surface area contributed by atoms with E-state index in [-0.39, 0.29) is 0 Å². The van der Waals surface area contributed by atoms with E-state index in [0.29, 0.717) is 28.1 Å². The van der Waals surface area contributed by atoms with Crippen molar-refractivity contribution < 1.29 is 9.53 Å². The van der Waals surface area contributed by atoms with E-state index in [1.807, 2.05) is 6.07 Å². The van der Waals surface area contributed by atoms with Crippen LogP contribution in [0.2, 0.25) is 5.02 Å². The van der Waals surface area contributed by atoms with Crippen molar-refractivity contribution >= 4 is 23.2 Å². The standard InChI is InChI=1S/C16H21ClN2O2/c1-2-21-14-9-13(16(14)6-3-7-16)19-10-4-5-11(15(18)20)12(17)8-10/h4-5,8,13-14,19H,2-3,6-7,9H2,1H3,(H2,18,20). The van der Waals surface area contributed by atoms with Gasteiger partial charge in [-0.25, -0.2) is 0 Å². The highest BCUT2D eigenvalue weighted by Gasteiger charge is 2.58. The van der Waals surface area contributed by atoms with E-state index < -0.39 is 5.91 Å². The minimum atomic E-state index is -0.498. The molecule has 2 fully saturated rings. The van der Waals surface area contributed by atoms with Gasteiger partial charge in [0.2, 0.25) is 5.91 Å². The van der Waals surface area contributed by atoms with E-state index in [1.165, 1.54) is 19.3 Å². The number of hydrogen-bond donors (Lipinski definition) is 2. The van der Waals surface area contributed by atoms with Crippen LogP contribution in [-0.4, -0.2) is 24.7 Å². The fourth-order valence-corrected chi connectivity index (χ4v) is 3.92. The molecule has 5 heteroatoms. The molecule has 0 bridgehead atoms. The number of ether oxygens (including phenoxy) is 1. The molecule has 2 aliphatic carbocycles. The molecule has 2 unspecified atom stereocenters. The van der Waals surface area contributed by atoms with Gasteiger partial charge in [0.15, 0.2) is 0 Å². The van der Waals surface area contributed by atoms with Crippen LogP contribution < -0.4 is 11.1 Å². The zero-order valence-electron chi connectivity index (χ0n) is 12.2. The Bertz CT molecular complexity index is 557. The van der Waals surface area contributed by atoms with Crippen molar-refractivity contribution in [1.29, 1.82) is 0 Å². The number of nitrogens with one attached hydrogen (secondary N) is 1. The second-order valence-corrected chi connectivity index (χ2v) is 6.43. The smallest absolute Gasteiger partial charge is 0.250 e. The zero-order valence-corrected chi connectivity index (χ0v) is 13.0. The van der Waals surface area contributed by atoms with Gasteiger partial charge in [-0.2, -0.15) is 0 Å². The monoisotopic (exact) mass is 308 g/mol. The SMILES string of the molecule is CCOC1CC(Nc2ccc(C(N)=O)c(Cl)c2)C12CCC2. The second kappa shape index (κ2) is 5.50. The Labute approximate surface area is 130 Å². The Balaban J connectivity index is 1.70. The number of primary amides is 1. The lowest BCUT2D eigenvalue weighted by molar-refractivity contribution is -0.157. The summed E-state index contributed by atoms with van der Waals surface area (Å²) in [6, 6.07) is 5.76. The normalized spacial score (nSPS) is 26.0. The highest BCUT2D eigenvalue weighted by molar-refractivity contribution is 6.34. The lowest BCUT2D eigenvalue weighted by Crippen LogP contribution is -2.64. The Morgan fingerprint density at radius 2 is 2.29 bits per heavy atom. The average Bonchev–Trinajstić information content (AvgIpc) is 2.35. The van der Waals surface area contributed by atoms with Gasteiger partial charge in [-0.3, -0.25) is 4.79 Å². The summed E-state index contributed by atoms with van der Waals surface area (Å²) < 4.78 is 5.85. The molecule has 2 aliphatic rings. The molecule has 1 aromatic carbocycles. The summed E-state index contributed by atoms with van der Waals surface area (Å²) in [5, 5.41) is 3.95. The minimum absolute atomic E-state index is 0.296. The molecule has 2 saturated carbocycles. The minimum Gasteiger partial charge on any atom is -0.382 e. The fraction of sp³-hybridized carbons (Fsp3) is 0.562. The predicted octanol–water partition coefficient (Wildman–Crippen LogP) is 3.20. The lowest BCUT2D eigenvalue weighted by atomic mass is 9.51. The molecule has 0 saturated heterocycles. The Morgan fingerprint density at radius 3 is 2.81 bits per heavy atom. The number of halogens is 1. The molecule has 1 aromatic rings. The Kier molecular flexibility index (Phi) is 3.84. The van der Waals surface area contributed by atoms with Crippen LogP contribution in [0.25, 0.3) is 0 Å². The summed E-state index contributed by atoms with van der Waals surface area (Å²) in [7, 11) is 0. The third-order valence-corrected chi connectivity index (χ3v) is 5.33. The highest BCUT2D eigenvalue weighted by atomic mass is 35.5. The molecule has 0 aliphatic heterocycles. The maximum absolute atomic E-state index is 11.2. The first-order chi connectivity index (χ1) is 10.1. The number of anilines is 1. The van der Waals surface area contributed by atoms with Crippen molar-refractivity contribution in [1.82, 2.24) is 0 Å². The van der Waals surface area contributed by atoms with Gasteiger partial charge in [0.05, 0.1) is 16.7 Å². The van der Waals surface area contributed by atoms with Crippen LogP contribution in [0, 0.1) is 5.41 Å². The van der Waals surface area contributed by atoms with E-state index >= 15 is 0 Å². The molecule has 2 atom stereocenters. The van der Waals surface area contributed by atoms with Crippen molar-refractivity contribution in [3.63, 3.8) is 0 Å². The molecule has 21 heavy (non-hydrogen) atoms. The van der Waals surface area contributed by atoms with Gasteiger partial charge < -0.3 is 15.8 Å². The topological polar surface area (TPSA) is 64.3 Å².